The molecule has 0 spiro atoms. The molecule has 6 heteroatoms. The zero-order valence-electron chi connectivity index (χ0n) is 16.4. The molecule has 0 bridgehead atoms. The van der Waals surface area contributed by atoms with Gasteiger partial charge in [0, 0.05) is 32.5 Å². The third kappa shape index (κ3) is 5.61. The highest BCUT2D eigenvalue weighted by Crippen LogP contribution is 2.17. The molecular weight excluding hydrogens is 350 g/mol. The van der Waals surface area contributed by atoms with Crippen molar-refractivity contribution < 1.29 is 4.74 Å². The first-order valence-electron chi connectivity index (χ1n) is 9.40. The summed E-state index contributed by atoms with van der Waals surface area (Å²) < 4.78 is 7.32. The van der Waals surface area contributed by atoms with Gasteiger partial charge in [0.15, 0.2) is 5.96 Å². The van der Waals surface area contributed by atoms with Crippen molar-refractivity contribution in [2.45, 2.75) is 19.5 Å². The standard InChI is InChI=1S/C22H27N5O/c1-23-22(24-13-11-20-9-3-4-10-21(20)28-2)25-16-18-7-5-8-19(15-18)17-27-14-6-12-26-27/h3-10,12,14-15H,11,13,16-17H2,1-2H3,(H2,23,24,25). The Bertz CT molecular complexity index is 889. The van der Waals surface area contributed by atoms with E-state index in [4.69, 9.17) is 4.74 Å². The van der Waals surface area contributed by atoms with Gasteiger partial charge in [0.1, 0.15) is 5.75 Å². The summed E-state index contributed by atoms with van der Waals surface area (Å²) in [7, 11) is 3.49. The van der Waals surface area contributed by atoms with E-state index in [-0.39, 0.29) is 0 Å². The molecule has 0 saturated carbocycles. The number of hydrogen-bond donors (Lipinski definition) is 2. The van der Waals surface area contributed by atoms with E-state index in [2.05, 4.69) is 51.1 Å². The van der Waals surface area contributed by atoms with Crippen molar-refractivity contribution in [1.29, 1.82) is 0 Å². The Kier molecular flexibility index (Phi) is 7.07. The van der Waals surface area contributed by atoms with Gasteiger partial charge >= 0.3 is 0 Å². The Morgan fingerprint density at radius 2 is 1.93 bits per heavy atom. The quantitative estimate of drug-likeness (QED) is 0.468. The van der Waals surface area contributed by atoms with Crippen LogP contribution in [0.4, 0.5) is 0 Å². The fraction of sp³-hybridized carbons (Fsp3) is 0.273. The Labute approximate surface area is 166 Å². The first-order valence-corrected chi connectivity index (χ1v) is 9.40. The highest BCUT2D eigenvalue weighted by atomic mass is 16.5. The highest BCUT2D eigenvalue weighted by molar-refractivity contribution is 5.79. The van der Waals surface area contributed by atoms with Crippen molar-refractivity contribution in [1.82, 2.24) is 20.4 Å². The molecule has 0 amide bonds. The third-order valence-corrected chi connectivity index (χ3v) is 4.46. The first kappa shape index (κ1) is 19.5. The van der Waals surface area contributed by atoms with Crippen molar-refractivity contribution in [3.63, 3.8) is 0 Å². The van der Waals surface area contributed by atoms with E-state index in [1.54, 1.807) is 20.4 Å². The number of rotatable bonds is 8. The van der Waals surface area contributed by atoms with Crippen molar-refractivity contribution in [2.24, 2.45) is 4.99 Å². The average molecular weight is 377 g/mol. The van der Waals surface area contributed by atoms with Gasteiger partial charge in [0.05, 0.1) is 13.7 Å². The lowest BCUT2D eigenvalue weighted by Gasteiger charge is -2.13. The molecule has 0 aliphatic heterocycles. The summed E-state index contributed by atoms with van der Waals surface area (Å²) in [5, 5.41) is 11.0. The molecule has 1 heterocycles. The van der Waals surface area contributed by atoms with Crippen molar-refractivity contribution in [3.8, 4) is 5.75 Å². The Hall–Kier alpha value is -3.28. The van der Waals surface area contributed by atoms with E-state index < -0.39 is 0 Å². The van der Waals surface area contributed by atoms with Gasteiger partial charge in [0.2, 0.25) is 0 Å². The molecule has 0 saturated heterocycles. The van der Waals surface area contributed by atoms with Crippen molar-refractivity contribution >= 4 is 5.96 Å². The monoisotopic (exact) mass is 377 g/mol. The van der Waals surface area contributed by atoms with E-state index in [0.29, 0.717) is 6.54 Å². The molecule has 0 radical (unpaired) electrons. The molecule has 0 fully saturated rings. The van der Waals surface area contributed by atoms with Crippen LogP contribution in [-0.4, -0.2) is 36.4 Å². The fourth-order valence-corrected chi connectivity index (χ4v) is 3.05. The van der Waals surface area contributed by atoms with Crippen molar-refractivity contribution in [3.05, 3.63) is 83.7 Å². The largest absolute Gasteiger partial charge is 0.496 e. The Balaban J connectivity index is 1.49. The number of benzene rings is 2. The zero-order chi connectivity index (χ0) is 19.6. The SMILES string of the molecule is CN=C(NCCc1ccccc1OC)NCc1cccc(Cn2cccn2)c1. The van der Waals surface area contributed by atoms with Crippen LogP contribution in [0.3, 0.4) is 0 Å². The van der Waals surface area contributed by atoms with Crippen LogP contribution in [0, 0.1) is 0 Å². The second-order valence-corrected chi connectivity index (χ2v) is 6.44. The van der Waals surface area contributed by atoms with E-state index in [9.17, 15) is 0 Å². The van der Waals surface area contributed by atoms with Crippen LogP contribution in [0.15, 0.2) is 72.0 Å². The van der Waals surface area contributed by atoms with Gasteiger partial charge in [-0.05, 0) is 35.2 Å². The van der Waals surface area contributed by atoms with Gasteiger partial charge in [-0.2, -0.15) is 5.10 Å². The minimum atomic E-state index is 0.710. The van der Waals surface area contributed by atoms with Gasteiger partial charge in [0.25, 0.3) is 0 Å². The Morgan fingerprint density at radius 1 is 1.07 bits per heavy atom. The van der Waals surface area contributed by atoms with E-state index >= 15 is 0 Å². The van der Waals surface area contributed by atoms with Crippen LogP contribution in [0.5, 0.6) is 5.75 Å². The molecule has 2 aromatic carbocycles. The van der Waals surface area contributed by atoms with Gasteiger partial charge < -0.3 is 15.4 Å². The number of para-hydroxylation sites is 1. The lowest BCUT2D eigenvalue weighted by Crippen LogP contribution is -2.37. The number of ether oxygens (including phenoxy) is 1. The van der Waals surface area contributed by atoms with Gasteiger partial charge in [-0.1, -0.05) is 42.5 Å². The third-order valence-electron chi connectivity index (χ3n) is 4.46. The number of aliphatic imine (C=N–C) groups is 1. The van der Waals surface area contributed by atoms with Crippen LogP contribution in [-0.2, 0) is 19.5 Å². The maximum Gasteiger partial charge on any atom is 0.191 e. The van der Waals surface area contributed by atoms with E-state index in [0.717, 1.165) is 31.2 Å². The van der Waals surface area contributed by atoms with Gasteiger partial charge in [-0.15, -0.1) is 0 Å². The second-order valence-electron chi connectivity index (χ2n) is 6.44. The molecule has 6 nitrogen and oxygen atoms in total. The smallest absolute Gasteiger partial charge is 0.191 e. The van der Waals surface area contributed by atoms with Crippen LogP contribution in [0.25, 0.3) is 0 Å². The summed E-state index contributed by atoms with van der Waals surface area (Å²) in [6, 6.07) is 18.5. The van der Waals surface area contributed by atoms with E-state index in [1.807, 2.05) is 35.1 Å². The molecule has 0 aliphatic carbocycles. The summed E-state index contributed by atoms with van der Waals surface area (Å²) in [5.74, 6) is 1.70. The normalized spacial score (nSPS) is 11.3. The minimum absolute atomic E-state index is 0.710. The Morgan fingerprint density at radius 3 is 2.71 bits per heavy atom. The lowest BCUT2D eigenvalue weighted by molar-refractivity contribution is 0.409. The molecular formula is C22H27N5O. The summed E-state index contributed by atoms with van der Waals surface area (Å²) in [4.78, 5) is 4.31. The lowest BCUT2D eigenvalue weighted by atomic mass is 10.1. The van der Waals surface area contributed by atoms with Gasteiger partial charge in [-0.25, -0.2) is 0 Å². The predicted molar refractivity (Wildman–Crippen MR) is 113 cm³/mol. The number of hydrogen-bond acceptors (Lipinski definition) is 3. The fourth-order valence-electron chi connectivity index (χ4n) is 3.05. The van der Waals surface area contributed by atoms with Crippen LogP contribution in [0.1, 0.15) is 16.7 Å². The molecule has 0 unspecified atom stereocenters. The number of methoxy groups -OCH3 is 1. The van der Waals surface area contributed by atoms with Crippen LogP contribution < -0.4 is 15.4 Å². The number of aromatic nitrogens is 2. The number of guanidine groups is 1. The molecule has 0 aliphatic rings. The number of nitrogens with zero attached hydrogens (tertiary/aromatic N) is 3. The average Bonchev–Trinajstić information content (AvgIpc) is 3.24. The topological polar surface area (TPSA) is 63.5 Å². The maximum atomic E-state index is 5.40. The predicted octanol–water partition coefficient (Wildman–Crippen LogP) is 2.85. The summed E-state index contributed by atoms with van der Waals surface area (Å²) in [6.07, 6.45) is 4.63. The molecule has 146 valence electrons. The van der Waals surface area contributed by atoms with Gasteiger partial charge in [-0.3, -0.25) is 9.67 Å². The van der Waals surface area contributed by atoms with E-state index in [1.165, 1.54) is 16.7 Å². The molecule has 3 aromatic rings. The maximum absolute atomic E-state index is 5.40. The van der Waals surface area contributed by atoms with Crippen LogP contribution in [0.2, 0.25) is 0 Å². The number of nitrogens with one attached hydrogen (secondary N) is 2. The summed E-state index contributed by atoms with van der Waals surface area (Å²) in [6.45, 7) is 2.26. The summed E-state index contributed by atoms with van der Waals surface area (Å²) >= 11 is 0. The molecule has 28 heavy (non-hydrogen) atoms. The highest BCUT2D eigenvalue weighted by Gasteiger charge is 2.03. The summed E-state index contributed by atoms with van der Waals surface area (Å²) in [5.41, 5.74) is 3.61. The molecule has 1 aromatic heterocycles. The second kappa shape index (κ2) is 10.2. The van der Waals surface area contributed by atoms with Crippen LogP contribution >= 0.6 is 0 Å². The first-order chi connectivity index (χ1) is 13.8. The molecule has 0 atom stereocenters. The van der Waals surface area contributed by atoms with Crippen molar-refractivity contribution in [2.75, 3.05) is 20.7 Å². The molecule has 3 rings (SSSR count). The molecule has 2 N–H and O–H groups in total. The zero-order valence-corrected chi connectivity index (χ0v) is 16.4. The minimum Gasteiger partial charge on any atom is -0.496 e.